The normalized spacial score (nSPS) is 17.9. The van der Waals surface area contributed by atoms with E-state index in [1.807, 2.05) is 4.90 Å². The average molecular weight is 392 g/mol. The number of thiophene rings is 1. The highest BCUT2D eigenvalue weighted by Crippen LogP contribution is 2.34. The lowest BCUT2D eigenvalue weighted by Gasteiger charge is -2.24. The molecule has 2 aromatic heterocycles. The summed E-state index contributed by atoms with van der Waals surface area (Å²) in [5.74, 6) is 1.94. The third kappa shape index (κ3) is 3.83. The van der Waals surface area contributed by atoms with Crippen LogP contribution in [-0.2, 0) is 23.4 Å². The predicted molar refractivity (Wildman–Crippen MR) is 108 cm³/mol. The van der Waals surface area contributed by atoms with Gasteiger partial charge in [0.2, 0.25) is 5.91 Å². The fourth-order valence-corrected chi connectivity index (χ4v) is 6.01. The summed E-state index contributed by atoms with van der Waals surface area (Å²) in [5, 5.41) is 0.799. The minimum Gasteiger partial charge on any atom is -0.342 e. The van der Waals surface area contributed by atoms with Gasteiger partial charge in [-0.25, -0.2) is 4.98 Å². The van der Waals surface area contributed by atoms with Crippen molar-refractivity contribution in [2.45, 2.75) is 57.1 Å². The average Bonchev–Trinajstić information content (AvgIpc) is 3.14. The Morgan fingerprint density at radius 1 is 1.12 bits per heavy atom. The van der Waals surface area contributed by atoms with Gasteiger partial charge in [-0.2, -0.15) is 0 Å². The Labute approximate surface area is 161 Å². The molecule has 0 saturated carbocycles. The molecule has 0 unspecified atom stereocenters. The minimum absolute atomic E-state index is 0.0138. The molecule has 140 valence electrons. The maximum atomic E-state index is 12.5. The van der Waals surface area contributed by atoms with Crippen LogP contribution in [-0.4, -0.2) is 39.6 Å². The first-order valence-electron chi connectivity index (χ1n) is 9.61. The van der Waals surface area contributed by atoms with Gasteiger partial charge < -0.3 is 9.88 Å². The molecule has 0 radical (unpaired) electrons. The molecule has 2 aromatic rings. The van der Waals surface area contributed by atoms with E-state index in [9.17, 15) is 9.59 Å². The summed E-state index contributed by atoms with van der Waals surface area (Å²) in [6, 6.07) is 0. The molecule has 1 amide bonds. The molecule has 4 rings (SSSR count). The van der Waals surface area contributed by atoms with E-state index in [2.05, 4.69) is 9.97 Å². The molecule has 1 aliphatic carbocycles. The molecule has 2 aliphatic rings. The van der Waals surface area contributed by atoms with Crippen molar-refractivity contribution in [1.29, 1.82) is 0 Å². The molecule has 0 bridgehead atoms. The second-order valence-electron chi connectivity index (χ2n) is 7.19. The summed E-state index contributed by atoms with van der Waals surface area (Å²) in [6.07, 6.45) is 9.20. The van der Waals surface area contributed by atoms with Crippen LogP contribution in [0.15, 0.2) is 4.79 Å². The molecule has 1 saturated heterocycles. The number of nitrogens with one attached hydrogen (secondary N) is 1. The molecular formula is C19H25N3O2S2. The summed E-state index contributed by atoms with van der Waals surface area (Å²) in [6.45, 7) is 1.78. The number of hydrogen-bond acceptors (Lipinski definition) is 5. The molecule has 0 aromatic carbocycles. The first-order valence-corrected chi connectivity index (χ1v) is 11.6. The number of thioether (sulfide) groups is 1. The van der Waals surface area contributed by atoms with Crippen LogP contribution in [0.3, 0.4) is 0 Å². The van der Waals surface area contributed by atoms with Crippen molar-refractivity contribution in [1.82, 2.24) is 14.9 Å². The van der Waals surface area contributed by atoms with Gasteiger partial charge in [0.05, 0.1) is 16.9 Å². The highest BCUT2D eigenvalue weighted by molar-refractivity contribution is 7.99. The molecule has 0 atom stereocenters. The summed E-state index contributed by atoms with van der Waals surface area (Å²) >= 11 is 3.21. The van der Waals surface area contributed by atoms with Gasteiger partial charge in [-0.05, 0) is 37.7 Å². The van der Waals surface area contributed by atoms with Crippen LogP contribution in [0.5, 0.6) is 0 Å². The Hall–Kier alpha value is -1.34. The van der Waals surface area contributed by atoms with Crippen molar-refractivity contribution >= 4 is 39.2 Å². The van der Waals surface area contributed by atoms with Crippen LogP contribution < -0.4 is 5.56 Å². The van der Waals surface area contributed by atoms with Crippen LogP contribution in [0.1, 0.15) is 54.8 Å². The Morgan fingerprint density at radius 2 is 1.88 bits per heavy atom. The molecule has 5 nitrogen and oxygen atoms in total. The van der Waals surface area contributed by atoms with Gasteiger partial charge in [0.1, 0.15) is 10.7 Å². The highest BCUT2D eigenvalue weighted by Gasteiger charge is 2.21. The molecule has 1 aliphatic heterocycles. The van der Waals surface area contributed by atoms with Gasteiger partial charge in [0, 0.05) is 18.0 Å². The van der Waals surface area contributed by atoms with Crippen molar-refractivity contribution < 1.29 is 4.79 Å². The van der Waals surface area contributed by atoms with Gasteiger partial charge in [0.15, 0.2) is 0 Å². The summed E-state index contributed by atoms with van der Waals surface area (Å²) in [5.41, 5.74) is 1.20. The lowest BCUT2D eigenvalue weighted by atomic mass is 10.1. The van der Waals surface area contributed by atoms with E-state index < -0.39 is 0 Å². The minimum atomic E-state index is -0.0138. The van der Waals surface area contributed by atoms with E-state index in [0.29, 0.717) is 17.3 Å². The standard InChI is InChI=1S/C19H25N3O2S2/c23-16(22-9-4-2-1-3-5-10-22)12-25-11-15-20-18(24)17-13-7-6-8-14(13)26-19(17)21-15/h1-12H2,(H,20,21,24). The lowest BCUT2D eigenvalue weighted by molar-refractivity contribution is -0.128. The Balaban J connectivity index is 1.37. The quantitative estimate of drug-likeness (QED) is 0.866. The van der Waals surface area contributed by atoms with E-state index in [4.69, 9.17) is 0 Å². The molecule has 0 spiro atoms. The number of aryl methyl sites for hydroxylation is 2. The van der Waals surface area contributed by atoms with Crippen LogP contribution in [0, 0.1) is 0 Å². The Bertz CT molecular complexity index is 850. The molecule has 26 heavy (non-hydrogen) atoms. The monoisotopic (exact) mass is 391 g/mol. The SMILES string of the molecule is O=C(CSCc1nc2sc3c(c2c(=O)[nH]1)CCC3)N1CCCCCCC1. The van der Waals surface area contributed by atoms with E-state index >= 15 is 0 Å². The Morgan fingerprint density at radius 3 is 2.69 bits per heavy atom. The number of H-pyrrole nitrogens is 1. The number of likely N-dealkylation sites (tertiary alicyclic amines) is 1. The summed E-state index contributed by atoms with van der Waals surface area (Å²) < 4.78 is 0. The molecule has 7 heteroatoms. The fourth-order valence-electron chi connectivity index (χ4n) is 3.94. The summed E-state index contributed by atoms with van der Waals surface area (Å²) in [4.78, 5) is 36.7. The zero-order chi connectivity index (χ0) is 17.9. The van der Waals surface area contributed by atoms with Crippen molar-refractivity contribution in [2.75, 3.05) is 18.8 Å². The number of fused-ring (bicyclic) bond motifs is 3. The molecule has 3 heterocycles. The lowest BCUT2D eigenvalue weighted by Crippen LogP contribution is -2.35. The van der Waals surface area contributed by atoms with E-state index in [0.717, 1.165) is 55.4 Å². The maximum absolute atomic E-state index is 12.5. The molecule has 1 fully saturated rings. The first kappa shape index (κ1) is 18.0. The largest absolute Gasteiger partial charge is 0.342 e. The zero-order valence-electron chi connectivity index (χ0n) is 15.0. The molecule has 1 N–H and O–H groups in total. The van der Waals surface area contributed by atoms with Gasteiger partial charge in [0.25, 0.3) is 5.56 Å². The number of aromatic amines is 1. The topological polar surface area (TPSA) is 66.1 Å². The predicted octanol–water partition coefficient (Wildman–Crippen LogP) is 3.50. The zero-order valence-corrected chi connectivity index (χ0v) is 16.6. The smallest absolute Gasteiger partial charge is 0.259 e. The van der Waals surface area contributed by atoms with E-state index in [1.165, 1.54) is 29.7 Å². The van der Waals surface area contributed by atoms with Crippen LogP contribution >= 0.6 is 23.1 Å². The third-order valence-electron chi connectivity index (χ3n) is 5.30. The number of carbonyl (C=O) groups excluding carboxylic acids is 1. The first-order chi connectivity index (χ1) is 12.7. The van der Waals surface area contributed by atoms with Gasteiger partial charge >= 0.3 is 0 Å². The second-order valence-corrected chi connectivity index (χ2v) is 9.26. The van der Waals surface area contributed by atoms with Gasteiger partial charge in [-0.15, -0.1) is 23.1 Å². The van der Waals surface area contributed by atoms with Crippen molar-refractivity contribution in [2.24, 2.45) is 0 Å². The summed E-state index contributed by atoms with van der Waals surface area (Å²) in [7, 11) is 0. The number of nitrogens with zero attached hydrogens (tertiary/aromatic N) is 2. The number of hydrogen-bond donors (Lipinski definition) is 1. The Kier molecular flexibility index (Phi) is 5.64. The number of carbonyl (C=O) groups is 1. The third-order valence-corrected chi connectivity index (χ3v) is 7.41. The van der Waals surface area contributed by atoms with Crippen molar-refractivity contribution in [3.05, 3.63) is 26.6 Å². The number of rotatable bonds is 4. The van der Waals surface area contributed by atoms with Gasteiger partial charge in [-0.1, -0.05) is 19.3 Å². The fraction of sp³-hybridized carbons (Fsp3) is 0.632. The number of aromatic nitrogens is 2. The van der Waals surface area contributed by atoms with E-state index in [1.54, 1.807) is 23.1 Å². The van der Waals surface area contributed by atoms with Crippen LogP contribution in [0.25, 0.3) is 10.2 Å². The second kappa shape index (κ2) is 8.13. The molecular weight excluding hydrogens is 366 g/mol. The van der Waals surface area contributed by atoms with Crippen molar-refractivity contribution in [3.8, 4) is 0 Å². The van der Waals surface area contributed by atoms with Gasteiger partial charge in [-0.3, -0.25) is 9.59 Å². The highest BCUT2D eigenvalue weighted by atomic mass is 32.2. The number of amides is 1. The van der Waals surface area contributed by atoms with Crippen LogP contribution in [0.4, 0.5) is 0 Å². The maximum Gasteiger partial charge on any atom is 0.259 e. The van der Waals surface area contributed by atoms with Crippen molar-refractivity contribution in [3.63, 3.8) is 0 Å². The van der Waals surface area contributed by atoms with Crippen LogP contribution in [0.2, 0.25) is 0 Å². The van der Waals surface area contributed by atoms with E-state index in [-0.39, 0.29) is 11.5 Å².